The summed E-state index contributed by atoms with van der Waals surface area (Å²) in [5, 5.41) is 11.0. The Balaban J connectivity index is 2.22. The van der Waals surface area contributed by atoms with E-state index in [0.717, 1.165) is 12.8 Å². The molecule has 4 heteroatoms. The Morgan fingerprint density at radius 1 is 1.27 bits per heavy atom. The molecule has 0 atom stereocenters. The van der Waals surface area contributed by atoms with Gasteiger partial charge in [-0.05, 0) is 61.8 Å². The second-order valence-corrected chi connectivity index (χ2v) is 7.50. The third kappa shape index (κ3) is 4.70. The van der Waals surface area contributed by atoms with Crippen molar-refractivity contribution in [2.24, 2.45) is 5.41 Å². The van der Waals surface area contributed by atoms with Crippen molar-refractivity contribution in [3.63, 3.8) is 0 Å². The first-order valence-electron chi connectivity index (χ1n) is 9.00. The highest BCUT2D eigenvalue weighted by Gasteiger charge is 2.26. The second-order valence-electron chi connectivity index (χ2n) is 7.50. The molecule has 0 unspecified atom stereocenters. The largest absolute Gasteiger partial charge is 0.376 e. The summed E-state index contributed by atoms with van der Waals surface area (Å²) >= 11 is 0. The lowest BCUT2D eigenvalue weighted by molar-refractivity contribution is 0.0910. The topological polar surface area (TPSA) is 49.3 Å². The van der Waals surface area contributed by atoms with Gasteiger partial charge in [-0.25, -0.2) is 4.39 Å². The number of aliphatic hydroxyl groups is 1. The zero-order chi connectivity index (χ0) is 19.3. The summed E-state index contributed by atoms with van der Waals surface area (Å²) in [4.78, 5) is 11.6. The Bertz CT molecular complexity index is 755. The minimum atomic E-state index is -0.426. The highest BCUT2D eigenvalue weighted by molar-refractivity contribution is 5.94. The molecule has 26 heavy (non-hydrogen) atoms. The van der Waals surface area contributed by atoms with Gasteiger partial charge in [-0.3, -0.25) is 4.79 Å². The molecule has 1 amide bonds. The predicted molar refractivity (Wildman–Crippen MR) is 104 cm³/mol. The Hall–Kier alpha value is -2.20. The van der Waals surface area contributed by atoms with Gasteiger partial charge in [0.2, 0.25) is 0 Å². The molecule has 0 spiro atoms. The minimum Gasteiger partial charge on any atom is -0.376 e. The number of aliphatic hydroxyl groups excluding tert-OH is 1. The number of hydrogen-bond acceptors (Lipinski definition) is 2. The first-order chi connectivity index (χ1) is 12.3. The van der Waals surface area contributed by atoms with E-state index in [1.165, 1.54) is 17.6 Å². The fourth-order valence-corrected chi connectivity index (χ4v) is 3.46. The predicted octanol–water partition coefficient (Wildman–Crippen LogP) is 5.15. The van der Waals surface area contributed by atoms with Crippen LogP contribution in [0.15, 0.2) is 53.1 Å². The molecule has 0 aliphatic heterocycles. The van der Waals surface area contributed by atoms with Crippen LogP contribution in [0.2, 0.25) is 0 Å². The van der Waals surface area contributed by atoms with Crippen molar-refractivity contribution in [2.75, 3.05) is 6.73 Å². The molecule has 0 saturated carbocycles. The molecule has 1 aromatic rings. The lowest BCUT2D eigenvalue weighted by atomic mass is 9.72. The molecule has 140 valence electrons. The molecule has 3 nitrogen and oxygen atoms in total. The monoisotopic (exact) mass is 357 g/mol. The molecule has 1 aliphatic carbocycles. The van der Waals surface area contributed by atoms with E-state index in [4.69, 9.17) is 5.11 Å². The van der Waals surface area contributed by atoms with Crippen molar-refractivity contribution in [3.8, 4) is 0 Å². The number of hydrogen-bond donors (Lipinski definition) is 2. The molecular weight excluding hydrogens is 329 g/mol. The van der Waals surface area contributed by atoms with Crippen molar-refractivity contribution in [1.82, 2.24) is 5.32 Å². The molecule has 0 bridgehead atoms. The standard InChI is InChI=1S/C22H28FNO2/c1-15-6-5-13-22(3,4)19(15)12-7-16(2)20(23)17-8-10-18(11-9-17)21(26)24-14-25/h7-12,25H,5-6,13-14H2,1-4H3,(H,24,26)/b12-7+,20-16-. The van der Waals surface area contributed by atoms with E-state index >= 15 is 0 Å². The number of rotatable bonds is 5. The van der Waals surface area contributed by atoms with Crippen molar-refractivity contribution in [2.45, 2.75) is 47.0 Å². The van der Waals surface area contributed by atoms with Crippen molar-refractivity contribution < 1.29 is 14.3 Å². The van der Waals surface area contributed by atoms with Crippen LogP contribution in [0, 0.1) is 5.41 Å². The summed E-state index contributed by atoms with van der Waals surface area (Å²) in [5.74, 6) is -0.691. The average molecular weight is 357 g/mol. The summed E-state index contributed by atoms with van der Waals surface area (Å²) < 4.78 is 14.7. The van der Waals surface area contributed by atoms with Crippen LogP contribution in [0.5, 0.6) is 0 Å². The SMILES string of the molecule is CC1=C(/C=C/C(C)=C(\F)c2ccc(C(=O)NCO)cc2)C(C)(C)CCC1. The summed E-state index contributed by atoms with van der Waals surface area (Å²) in [6.45, 7) is 7.96. The van der Waals surface area contributed by atoms with Gasteiger partial charge in [-0.2, -0.15) is 0 Å². The van der Waals surface area contributed by atoms with Gasteiger partial charge in [0.25, 0.3) is 5.91 Å². The van der Waals surface area contributed by atoms with E-state index in [0.29, 0.717) is 16.7 Å². The summed E-state index contributed by atoms with van der Waals surface area (Å²) in [5.41, 5.74) is 4.17. The number of halogens is 1. The lowest BCUT2D eigenvalue weighted by Gasteiger charge is -2.32. The Morgan fingerprint density at radius 2 is 1.88 bits per heavy atom. The Labute approximate surface area is 155 Å². The quantitative estimate of drug-likeness (QED) is 0.565. The van der Waals surface area contributed by atoms with Gasteiger partial charge < -0.3 is 10.4 Å². The first-order valence-corrected chi connectivity index (χ1v) is 9.00. The van der Waals surface area contributed by atoms with E-state index in [1.807, 2.05) is 12.2 Å². The molecule has 0 saturated heterocycles. The summed E-state index contributed by atoms with van der Waals surface area (Å²) in [7, 11) is 0. The number of nitrogens with one attached hydrogen (secondary N) is 1. The first kappa shape index (κ1) is 20.1. The van der Waals surface area contributed by atoms with Crippen LogP contribution in [-0.4, -0.2) is 17.7 Å². The molecular formula is C22H28FNO2. The van der Waals surface area contributed by atoms with Gasteiger partial charge in [-0.15, -0.1) is 0 Å². The maximum atomic E-state index is 14.7. The Morgan fingerprint density at radius 3 is 2.46 bits per heavy atom. The third-order valence-electron chi connectivity index (χ3n) is 5.03. The lowest BCUT2D eigenvalue weighted by Crippen LogP contribution is -2.23. The van der Waals surface area contributed by atoms with Gasteiger partial charge in [0.05, 0.1) is 0 Å². The number of allylic oxidation sites excluding steroid dienone is 5. The van der Waals surface area contributed by atoms with Crippen LogP contribution >= 0.6 is 0 Å². The zero-order valence-electron chi connectivity index (χ0n) is 16.0. The van der Waals surface area contributed by atoms with E-state index in [-0.39, 0.29) is 17.1 Å². The highest BCUT2D eigenvalue weighted by Crippen LogP contribution is 2.41. The molecule has 0 aromatic heterocycles. The molecule has 2 N–H and O–H groups in total. The molecule has 2 rings (SSSR count). The molecule has 1 aromatic carbocycles. The van der Waals surface area contributed by atoms with Crippen LogP contribution < -0.4 is 5.32 Å². The van der Waals surface area contributed by atoms with Gasteiger partial charge in [0, 0.05) is 11.1 Å². The fraction of sp³-hybridized carbons (Fsp3) is 0.409. The highest BCUT2D eigenvalue weighted by atomic mass is 19.1. The summed E-state index contributed by atoms with van der Waals surface area (Å²) in [6.07, 6.45) is 7.34. The fourth-order valence-electron chi connectivity index (χ4n) is 3.46. The normalized spacial score (nSPS) is 18.1. The van der Waals surface area contributed by atoms with E-state index in [2.05, 4.69) is 26.1 Å². The number of carbonyl (C=O) groups excluding carboxylic acids is 1. The molecule has 0 radical (unpaired) electrons. The van der Waals surface area contributed by atoms with Crippen LogP contribution in [0.1, 0.15) is 62.9 Å². The van der Waals surface area contributed by atoms with E-state index in [1.54, 1.807) is 31.2 Å². The third-order valence-corrected chi connectivity index (χ3v) is 5.03. The average Bonchev–Trinajstić information content (AvgIpc) is 2.60. The van der Waals surface area contributed by atoms with Crippen molar-refractivity contribution in [1.29, 1.82) is 0 Å². The molecule has 0 fully saturated rings. The zero-order valence-corrected chi connectivity index (χ0v) is 16.0. The van der Waals surface area contributed by atoms with Crippen LogP contribution in [0.25, 0.3) is 5.83 Å². The smallest absolute Gasteiger partial charge is 0.253 e. The van der Waals surface area contributed by atoms with Crippen LogP contribution in [0.3, 0.4) is 0 Å². The molecule has 0 heterocycles. The van der Waals surface area contributed by atoms with Crippen molar-refractivity contribution >= 4 is 11.7 Å². The maximum Gasteiger partial charge on any atom is 0.253 e. The van der Waals surface area contributed by atoms with E-state index in [9.17, 15) is 9.18 Å². The summed E-state index contributed by atoms with van der Waals surface area (Å²) in [6, 6.07) is 6.25. The van der Waals surface area contributed by atoms with Crippen LogP contribution in [0.4, 0.5) is 4.39 Å². The Kier molecular flexibility index (Phi) is 6.54. The number of amides is 1. The molecule has 1 aliphatic rings. The van der Waals surface area contributed by atoms with Gasteiger partial charge in [-0.1, -0.05) is 43.7 Å². The van der Waals surface area contributed by atoms with Crippen LogP contribution in [-0.2, 0) is 0 Å². The van der Waals surface area contributed by atoms with Gasteiger partial charge in [0.1, 0.15) is 12.6 Å². The maximum absolute atomic E-state index is 14.7. The van der Waals surface area contributed by atoms with E-state index < -0.39 is 6.73 Å². The van der Waals surface area contributed by atoms with Gasteiger partial charge >= 0.3 is 0 Å². The van der Waals surface area contributed by atoms with Gasteiger partial charge in [0.15, 0.2) is 0 Å². The minimum absolute atomic E-state index is 0.122. The van der Waals surface area contributed by atoms with Crippen molar-refractivity contribution in [3.05, 3.63) is 64.3 Å². The number of benzene rings is 1. The number of carbonyl (C=O) groups is 1. The second kappa shape index (κ2) is 8.45.